The third-order valence-corrected chi connectivity index (χ3v) is 5.47. The van der Waals surface area contributed by atoms with Crippen LogP contribution in [0.25, 0.3) is 0 Å². The van der Waals surface area contributed by atoms with Crippen LogP contribution >= 0.6 is 23.8 Å². The van der Waals surface area contributed by atoms with Crippen LogP contribution in [0.1, 0.15) is 18.4 Å². The molecule has 2 amide bonds. The molecule has 1 aromatic carbocycles. The summed E-state index contributed by atoms with van der Waals surface area (Å²) in [7, 11) is 0. The van der Waals surface area contributed by atoms with Crippen LogP contribution in [0.3, 0.4) is 0 Å². The Bertz CT molecular complexity index is 972. The number of rotatable bonds is 6. The topological polar surface area (TPSA) is 80.2 Å². The van der Waals surface area contributed by atoms with Crippen LogP contribution in [0.4, 0.5) is 0 Å². The summed E-state index contributed by atoms with van der Waals surface area (Å²) in [6.45, 7) is 0.810. The van der Waals surface area contributed by atoms with Gasteiger partial charge in [0, 0.05) is 30.6 Å². The number of carbonyl (C=O) groups excluding carboxylic acids is 2. The van der Waals surface area contributed by atoms with Crippen molar-refractivity contribution in [3.05, 3.63) is 58.5 Å². The number of hydrogen-bond donors (Lipinski definition) is 1. The average molecular weight is 432 g/mol. The first kappa shape index (κ1) is 19.6. The standard InChI is InChI=1S/C20H18ClN3O4S/c21-14-5-2-1-4-12(14)10-22-18(25)6-3-7-24-19(26)13-8-16-17(28-11-27-16)9-15(13)23-20(24)29/h1-2,4-5,8-9,13H,3,6-7,10-11H2,(H,22,25). The Hall–Kier alpha value is -2.71. The lowest BCUT2D eigenvalue weighted by molar-refractivity contribution is -0.129. The lowest BCUT2D eigenvalue weighted by Crippen LogP contribution is -2.46. The van der Waals surface area contributed by atoms with Crippen molar-refractivity contribution in [2.45, 2.75) is 19.4 Å². The van der Waals surface area contributed by atoms with Gasteiger partial charge in [-0.1, -0.05) is 29.8 Å². The van der Waals surface area contributed by atoms with Crippen LogP contribution < -0.4 is 5.32 Å². The molecule has 0 radical (unpaired) electrons. The number of aliphatic imine (C=N–C) groups is 1. The van der Waals surface area contributed by atoms with Crippen LogP contribution in [0, 0.1) is 5.92 Å². The first-order valence-corrected chi connectivity index (χ1v) is 9.95. The van der Waals surface area contributed by atoms with Gasteiger partial charge in [0.25, 0.3) is 0 Å². The van der Waals surface area contributed by atoms with E-state index in [0.717, 1.165) is 5.56 Å². The highest BCUT2D eigenvalue weighted by molar-refractivity contribution is 7.80. The van der Waals surface area contributed by atoms with Gasteiger partial charge in [-0.25, -0.2) is 4.99 Å². The van der Waals surface area contributed by atoms with E-state index < -0.39 is 5.92 Å². The number of halogens is 1. The molecule has 1 N–H and O–H groups in total. The van der Waals surface area contributed by atoms with Crippen LogP contribution in [0.15, 0.2) is 52.9 Å². The van der Waals surface area contributed by atoms with Gasteiger partial charge in [0.2, 0.25) is 23.7 Å². The van der Waals surface area contributed by atoms with Crippen LogP contribution in [-0.4, -0.2) is 40.9 Å². The van der Waals surface area contributed by atoms with Gasteiger partial charge >= 0.3 is 0 Å². The van der Waals surface area contributed by atoms with Crippen LogP contribution in [0.2, 0.25) is 5.02 Å². The van der Waals surface area contributed by atoms with E-state index in [0.29, 0.717) is 41.8 Å². The smallest absolute Gasteiger partial charge is 0.241 e. The highest BCUT2D eigenvalue weighted by Gasteiger charge is 2.38. The minimum atomic E-state index is -0.545. The summed E-state index contributed by atoms with van der Waals surface area (Å²) in [4.78, 5) is 30.8. The molecule has 2 aliphatic heterocycles. The van der Waals surface area contributed by atoms with E-state index in [9.17, 15) is 9.59 Å². The Kier molecular flexibility index (Phi) is 5.64. The van der Waals surface area contributed by atoms with Crippen molar-refractivity contribution in [2.75, 3.05) is 13.3 Å². The molecule has 1 fully saturated rings. The maximum Gasteiger partial charge on any atom is 0.241 e. The fraction of sp³-hybridized carbons (Fsp3) is 0.300. The van der Waals surface area contributed by atoms with Gasteiger partial charge in [-0.2, -0.15) is 0 Å². The molecular weight excluding hydrogens is 414 g/mol. The summed E-state index contributed by atoms with van der Waals surface area (Å²) >= 11 is 11.4. The monoisotopic (exact) mass is 431 g/mol. The van der Waals surface area contributed by atoms with Crippen molar-refractivity contribution in [3.63, 3.8) is 0 Å². The lowest BCUT2D eigenvalue weighted by atomic mass is 9.94. The molecule has 0 saturated carbocycles. The van der Waals surface area contributed by atoms with E-state index in [-0.39, 0.29) is 30.1 Å². The normalized spacial score (nSPS) is 20.0. The van der Waals surface area contributed by atoms with E-state index in [1.165, 1.54) is 4.90 Å². The first-order valence-electron chi connectivity index (χ1n) is 9.16. The molecule has 1 saturated heterocycles. The van der Waals surface area contributed by atoms with Gasteiger partial charge in [0.1, 0.15) is 5.92 Å². The van der Waals surface area contributed by atoms with E-state index >= 15 is 0 Å². The molecule has 150 valence electrons. The zero-order valence-electron chi connectivity index (χ0n) is 15.4. The Morgan fingerprint density at radius 1 is 1.31 bits per heavy atom. The predicted octanol–water partition coefficient (Wildman–Crippen LogP) is 2.71. The molecule has 0 aromatic heterocycles. The van der Waals surface area contributed by atoms with Gasteiger partial charge < -0.3 is 14.8 Å². The van der Waals surface area contributed by atoms with Gasteiger partial charge in [-0.3, -0.25) is 14.5 Å². The molecule has 7 nitrogen and oxygen atoms in total. The van der Waals surface area contributed by atoms with Crippen molar-refractivity contribution < 1.29 is 19.1 Å². The minimum Gasteiger partial charge on any atom is -0.454 e. The number of ether oxygens (including phenoxy) is 2. The number of benzene rings is 1. The first-order chi connectivity index (χ1) is 14.0. The van der Waals surface area contributed by atoms with Gasteiger partial charge in [0.05, 0.1) is 5.71 Å². The molecule has 0 spiro atoms. The Balaban J connectivity index is 1.31. The molecule has 3 aliphatic rings. The summed E-state index contributed by atoms with van der Waals surface area (Å²) in [5, 5.41) is 3.65. The Morgan fingerprint density at radius 2 is 2.10 bits per heavy atom. The Morgan fingerprint density at radius 3 is 2.93 bits per heavy atom. The number of carbonyl (C=O) groups is 2. The molecule has 1 atom stereocenters. The SMILES string of the molecule is O=C(CCCN1C(=O)C2C=C3OCOC3=CC2=NC1=S)NCc1ccccc1Cl. The van der Waals surface area contributed by atoms with E-state index in [2.05, 4.69) is 10.3 Å². The number of hydrogen-bond acceptors (Lipinski definition) is 5. The third kappa shape index (κ3) is 4.18. The van der Waals surface area contributed by atoms with Gasteiger partial charge in [-0.15, -0.1) is 0 Å². The number of nitrogens with one attached hydrogen (secondary N) is 1. The summed E-state index contributed by atoms with van der Waals surface area (Å²) in [6, 6.07) is 7.35. The van der Waals surface area contributed by atoms with Crippen molar-refractivity contribution in [1.29, 1.82) is 0 Å². The highest BCUT2D eigenvalue weighted by atomic mass is 35.5. The largest absolute Gasteiger partial charge is 0.454 e. The molecule has 2 heterocycles. The summed E-state index contributed by atoms with van der Waals surface area (Å²) in [6.07, 6.45) is 4.13. The molecule has 1 unspecified atom stereocenters. The fourth-order valence-corrected chi connectivity index (χ4v) is 3.75. The van der Waals surface area contributed by atoms with Crippen molar-refractivity contribution in [3.8, 4) is 0 Å². The quantitative estimate of drug-likeness (QED) is 0.700. The minimum absolute atomic E-state index is 0.117. The predicted molar refractivity (Wildman–Crippen MR) is 111 cm³/mol. The third-order valence-electron chi connectivity index (χ3n) is 4.79. The maximum atomic E-state index is 12.9. The second-order valence-electron chi connectivity index (χ2n) is 6.70. The number of fused-ring (bicyclic) bond motifs is 2. The molecule has 29 heavy (non-hydrogen) atoms. The number of amides is 2. The second kappa shape index (κ2) is 8.34. The molecular formula is C20H18ClN3O4S. The zero-order valence-corrected chi connectivity index (χ0v) is 17.0. The Labute approximate surface area is 178 Å². The molecule has 4 rings (SSSR count). The van der Waals surface area contributed by atoms with Crippen molar-refractivity contribution in [1.82, 2.24) is 10.2 Å². The van der Waals surface area contributed by atoms with E-state index in [4.69, 9.17) is 33.3 Å². The summed E-state index contributed by atoms with van der Waals surface area (Å²) in [5.74, 6) is 0.285. The average Bonchev–Trinajstić information content (AvgIpc) is 3.16. The van der Waals surface area contributed by atoms with Crippen molar-refractivity contribution >= 4 is 46.5 Å². The number of allylic oxidation sites excluding steroid dienone is 1. The number of nitrogens with zero attached hydrogens (tertiary/aromatic N) is 2. The molecule has 0 bridgehead atoms. The van der Waals surface area contributed by atoms with Gasteiger partial charge in [0.15, 0.2) is 11.5 Å². The van der Waals surface area contributed by atoms with Gasteiger partial charge in [-0.05, 0) is 36.3 Å². The van der Waals surface area contributed by atoms with Crippen LogP contribution in [0.5, 0.6) is 0 Å². The molecule has 1 aliphatic carbocycles. The lowest BCUT2D eigenvalue weighted by Gasteiger charge is -2.30. The van der Waals surface area contributed by atoms with Crippen molar-refractivity contribution in [2.24, 2.45) is 10.9 Å². The maximum absolute atomic E-state index is 12.9. The fourth-order valence-electron chi connectivity index (χ4n) is 3.26. The summed E-state index contributed by atoms with van der Waals surface area (Å²) in [5.41, 5.74) is 1.41. The number of thiocarbonyl (C=S) groups is 1. The summed E-state index contributed by atoms with van der Waals surface area (Å²) < 4.78 is 10.7. The second-order valence-corrected chi connectivity index (χ2v) is 7.48. The highest BCUT2D eigenvalue weighted by Crippen LogP contribution is 2.31. The van der Waals surface area contributed by atoms with E-state index in [1.54, 1.807) is 18.2 Å². The van der Waals surface area contributed by atoms with Crippen LogP contribution in [-0.2, 0) is 25.6 Å². The molecule has 9 heteroatoms. The van der Waals surface area contributed by atoms with E-state index in [1.807, 2.05) is 18.2 Å². The zero-order chi connectivity index (χ0) is 20.4. The molecule has 1 aromatic rings.